The van der Waals surface area contributed by atoms with Gasteiger partial charge in [-0.1, -0.05) is 17.7 Å². The molecule has 0 bridgehead atoms. The minimum Gasteiger partial charge on any atom is -0.497 e. The molecule has 0 saturated carbocycles. The molecule has 0 spiro atoms. The fourth-order valence-corrected chi connectivity index (χ4v) is 2.54. The van der Waals surface area contributed by atoms with Gasteiger partial charge in [0, 0.05) is 31.3 Å². The van der Waals surface area contributed by atoms with Crippen molar-refractivity contribution in [1.29, 1.82) is 0 Å². The Hall–Kier alpha value is -2.73. The van der Waals surface area contributed by atoms with Crippen molar-refractivity contribution in [3.8, 4) is 11.5 Å². The van der Waals surface area contributed by atoms with Gasteiger partial charge in [-0.25, -0.2) is 0 Å². The van der Waals surface area contributed by atoms with Crippen LogP contribution in [0, 0.1) is 0 Å². The molecule has 26 heavy (non-hydrogen) atoms. The van der Waals surface area contributed by atoms with Gasteiger partial charge in [0.25, 0.3) is 5.91 Å². The Labute approximate surface area is 157 Å². The third-order valence-electron chi connectivity index (χ3n) is 3.74. The van der Waals surface area contributed by atoms with Gasteiger partial charge in [-0.2, -0.15) is 0 Å². The summed E-state index contributed by atoms with van der Waals surface area (Å²) in [5.41, 5.74) is 1.54. The molecule has 2 aromatic carbocycles. The highest BCUT2D eigenvalue weighted by atomic mass is 35.5. The van der Waals surface area contributed by atoms with E-state index in [2.05, 4.69) is 5.32 Å². The average Bonchev–Trinajstić information content (AvgIpc) is 2.63. The van der Waals surface area contributed by atoms with Crippen molar-refractivity contribution in [2.75, 3.05) is 33.6 Å². The molecule has 2 aromatic rings. The molecule has 0 saturated heterocycles. The molecule has 0 aliphatic carbocycles. The molecule has 2 rings (SSSR count). The summed E-state index contributed by atoms with van der Waals surface area (Å²) in [6.45, 7) is 0. The second-order valence-corrected chi connectivity index (χ2v) is 6.20. The Kier molecular flexibility index (Phi) is 6.46. The first-order chi connectivity index (χ1) is 12.3. The zero-order chi connectivity index (χ0) is 19.3. The monoisotopic (exact) mass is 376 g/mol. The predicted molar refractivity (Wildman–Crippen MR) is 101 cm³/mol. The summed E-state index contributed by atoms with van der Waals surface area (Å²) >= 11 is 6.14. The van der Waals surface area contributed by atoms with Crippen LogP contribution in [0.1, 0.15) is 15.9 Å². The lowest BCUT2D eigenvalue weighted by Gasteiger charge is -2.14. The van der Waals surface area contributed by atoms with Crippen molar-refractivity contribution >= 4 is 29.1 Å². The maximum Gasteiger partial charge on any atom is 0.253 e. The highest BCUT2D eigenvalue weighted by Gasteiger charge is 2.14. The Balaban J connectivity index is 2.18. The van der Waals surface area contributed by atoms with Crippen molar-refractivity contribution in [2.24, 2.45) is 0 Å². The number of nitrogens with one attached hydrogen (secondary N) is 1. The normalized spacial score (nSPS) is 10.2. The first kappa shape index (κ1) is 19.6. The molecule has 6 nitrogen and oxygen atoms in total. The van der Waals surface area contributed by atoms with Crippen molar-refractivity contribution in [3.63, 3.8) is 0 Å². The van der Waals surface area contributed by atoms with Crippen LogP contribution < -0.4 is 14.8 Å². The zero-order valence-electron chi connectivity index (χ0n) is 15.1. The number of nitrogens with zero attached hydrogens (tertiary/aromatic N) is 1. The summed E-state index contributed by atoms with van der Waals surface area (Å²) in [6.07, 6.45) is 0.0926. The Bertz CT molecular complexity index is 821. The van der Waals surface area contributed by atoms with E-state index >= 15 is 0 Å². The van der Waals surface area contributed by atoms with E-state index in [0.29, 0.717) is 33.3 Å². The molecule has 0 aromatic heterocycles. The van der Waals surface area contributed by atoms with Crippen LogP contribution in [-0.2, 0) is 11.2 Å². The van der Waals surface area contributed by atoms with E-state index in [0.717, 1.165) is 0 Å². The van der Waals surface area contributed by atoms with Crippen molar-refractivity contribution < 1.29 is 19.1 Å². The summed E-state index contributed by atoms with van der Waals surface area (Å²) in [5, 5.41) is 3.10. The molecule has 0 fully saturated rings. The molecule has 7 heteroatoms. The maximum atomic E-state index is 12.4. The van der Waals surface area contributed by atoms with Crippen LogP contribution >= 0.6 is 11.6 Å². The van der Waals surface area contributed by atoms with E-state index in [-0.39, 0.29) is 18.2 Å². The third kappa shape index (κ3) is 4.67. The van der Waals surface area contributed by atoms with E-state index in [1.54, 1.807) is 57.6 Å². The molecule has 0 radical (unpaired) electrons. The number of ether oxygens (including phenoxy) is 2. The van der Waals surface area contributed by atoms with Gasteiger partial charge in [-0.15, -0.1) is 0 Å². The van der Waals surface area contributed by atoms with E-state index in [9.17, 15) is 9.59 Å². The summed E-state index contributed by atoms with van der Waals surface area (Å²) in [7, 11) is 6.41. The van der Waals surface area contributed by atoms with E-state index in [1.807, 2.05) is 0 Å². The molecule has 0 atom stereocenters. The second-order valence-electron chi connectivity index (χ2n) is 5.80. The molecule has 1 N–H and O–H groups in total. The van der Waals surface area contributed by atoms with Crippen LogP contribution in [0.25, 0.3) is 0 Å². The quantitative estimate of drug-likeness (QED) is 0.840. The number of hydrogen-bond donors (Lipinski definition) is 1. The Morgan fingerprint density at radius 1 is 1.08 bits per heavy atom. The van der Waals surface area contributed by atoms with Crippen molar-refractivity contribution in [3.05, 3.63) is 52.5 Å². The maximum absolute atomic E-state index is 12.4. The zero-order valence-corrected chi connectivity index (χ0v) is 15.9. The van der Waals surface area contributed by atoms with Crippen LogP contribution in [0.3, 0.4) is 0 Å². The van der Waals surface area contributed by atoms with Gasteiger partial charge < -0.3 is 19.7 Å². The first-order valence-corrected chi connectivity index (χ1v) is 8.25. The van der Waals surface area contributed by atoms with Crippen LogP contribution in [0.2, 0.25) is 5.02 Å². The summed E-state index contributed by atoms with van der Waals surface area (Å²) in [4.78, 5) is 25.9. The smallest absolute Gasteiger partial charge is 0.253 e. The molecular formula is C19H21ClN2O4. The van der Waals surface area contributed by atoms with Gasteiger partial charge in [0.15, 0.2) is 0 Å². The van der Waals surface area contributed by atoms with Gasteiger partial charge in [0.05, 0.1) is 31.4 Å². The minimum atomic E-state index is -0.273. The Morgan fingerprint density at radius 2 is 1.81 bits per heavy atom. The number of benzene rings is 2. The fraction of sp³-hybridized carbons (Fsp3) is 0.263. The summed E-state index contributed by atoms with van der Waals surface area (Å²) in [6, 6.07) is 10.0. The fourth-order valence-electron chi connectivity index (χ4n) is 2.38. The minimum absolute atomic E-state index is 0.0926. The second kappa shape index (κ2) is 8.58. The summed E-state index contributed by atoms with van der Waals surface area (Å²) < 4.78 is 10.5. The van der Waals surface area contributed by atoms with Gasteiger partial charge in [-0.3, -0.25) is 9.59 Å². The molecule has 0 unspecified atom stereocenters. The standard InChI is InChI=1S/C19H21ClN2O4/c1-22(2)19(24)13-6-8-15(20)16(9-13)21-18(23)10-12-5-7-14(25-3)11-17(12)26-4/h5-9,11H,10H2,1-4H3,(H,21,23). The number of rotatable bonds is 6. The lowest BCUT2D eigenvalue weighted by atomic mass is 10.1. The number of methoxy groups -OCH3 is 2. The lowest BCUT2D eigenvalue weighted by molar-refractivity contribution is -0.115. The van der Waals surface area contributed by atoms with Crippen LogP contribution in [0.4, 0.5) is 5.69 Å². The third-order valence-corrected chi connectivity index (χ3v) is 4.07. The molecular weight excluding hydrogens is 356 g/mol. The van der Waals surface area contributed by atoms with Crippen molar-refractivity contribution in [1.82, 2.24) is 4.90 Å². The first-order valence-electron chi connectivity index (χ1n) is 7.87. The SMILES string of the molecule is COc1ccc(CC(=O)Nc2cc(C(=O)N(C)C)ccc2Cl)c(OC)c1. The van der Waals surface area contributed by atoms with E-state index < -0.39 is 0 Å². The number of carbonyl (C=O) groups is 2. The molecule has 2 amide bonds. The summed E-state index contributed by atoms with van der Waals surface area (Å²) in [5.74, 6) is 0.755. The van der Waals surface area contributed by atoms with Crippen LogP contribution in [0.15, 0.2) is 36.4 Å². The van der Waals surface area contributed by atoms with Gasteiger partial charge in [0.1, 0.15) is 11.5 Å². The van der Waals surface area contributed by atoms with Gasteiger partial charge in [-0.05, 0) is 24.3 Å². The number of halogens is 1. The predicted octanol–water partition coefficient (Wildman–Crippen LogP) is 3.24. The average molecular weight is 377 g/mol. The number of carbonyl (C=O) groups excluding carboxylic acids is 2. The van der Waals surface area contributed by atoms with Crippen LogP contribution in [0.5, 0.6) is 11.5 Å². The lowest BCUT2D eigenvalue weighted by Crippen LogP contribution is -2.22. The van der Waals surface area contributed by atoms with Gasteiger partial charge >= 0.3 is 0 Å². The Morgan fingerprint density at radius 3 is 2.42 bits per heavy atom. The molecule has 0 heterocycles. The number of hydrogen-bond acceptors (Lipinski definition) is 4. The highest BCUT2D eigenvalue weighted by molar-refractivity contribution is 6.33. The van der Waals surface area contributed by atoms with E-state index in [1.165, 1.54) is 12.0 Å². The van der Waals surface area contributed by atoms with Crippen LogP contribution in [-0.4, -0.2) is 45.0 Å². The largest absolute Gasteiger partial charge is 0.497 e. The highest BCUT2D eigenvalue weighted by Crippen LogP contribution is 2.27. The molecule has 0 aliphatic rings. The topological polar surface area (TPSA) is 67.9 Å². The number of anilines is 1. The van der Waals surface area contributed by atoms with E-state index in [4.69, 9.17) is 21.1 Å². The molecule has 138 valence electrons. The molecule has 0 aliphatic heterocycles. The number of amides is 2. The van der Waals surface area contributed by atoms with Gasteiger partial charge in [0.2, 0.25) is 5.91 Å². The van der Waals surface area contributed by atoms with Crippen molar-refractivity contribution in [2.45, 2.75) is 6.42 Å².